The van der Waals surface area contributed by atoms with Gasteiger partial charge in [0, 0.05) is 60.3 Å². The topological polar surface area (TPSA) is 31.2 Å². The largest absolute Gasteiger partial charge is 0.455 e. The van der Waals surface area contributed by atoms with E-state index in [0.29, 0.717) is 0 Å². The maximum Gasteiger partial charge on any atom is 0.143 e. The monoisotopic (exact) mass is 1080 g/mol. The zero-order valence-corrected chi connectivity index (χ0v) is 46.1. The Morgan fingerprint density at radius 2 is 0.518 bits per heavy atom. The molecule has 18 rings (SSSR count). The number of furan rings is 2. The molecular formula is C82H49NO2. The fourth-order valence-corrected chi connectivity index (χ4v) is 14.2. The number of hydrogen-bond acceptors (Lipinski definition) is 2. The molecule has 0 saturated heterocycles. The molecule has 3 heteroatoms. The van der Waals surface area contributed by atoms with Crippen LogP contribution in [-0.2, 0) is 0 Å². The normalized spacial score (nSPS) is 12.0. The van der Waals surface area contributed by atoms with Crippen LogP contribution in [0.5, 0.6) is 0 Å². The van der Waals surface area contributed by atoms with Crippen LogP contribution in [0.2, 0.25) is 0 Å². The Morgan fingerprint density at radius 3 is 0.965 bits per heavy atom. The highest BCUT2D eigenvalue weighted by Crippen LogP contribution is 2.48. The van der Waals surface area contributed by atoms with Crippen LogP contribution in [0.1, 0.15) is 0 Å². The number of fused-ring (bicyclic) bond motifs is 13. The average molecular weight is 1080 g/mol. The predicted molar refractivity (Wildman–Crippen MR) is 358 cm³/mol. The van der Waals surface area contributed by atoms with Gasteiger partial charge in [0.2, 0.25) is 0 Å². The van der Waals surface area contributed by atoms with Gasteiger partial charge in [0.15, 0.2) is 0 Å². The summed E-state index contributed by atoms with van der Waals surface area (Å²) in [6.45, 7) is 0. The summed E-state index contributed by atoms with van der Waals surface area (Å²) >= 11 is 0. The fraction of sp³-hybridized carbons (Fsp3) is 0. The minimum absolute atomic E-state index is 0.876. The highest BCUT2D eigenvalue weighted by molar-refractivity contribution is 6.22. The molecule has 3 aromatic heterocycles. The smallest absolute Gasteiger partial charge is 0.143 e. The van der Waals surface area contributed by atoms with Gasteiger partial charge in [-0.05, 0) is 124 Å². The second-order valence-electron chi connectivity index (χ2n) is 22.5. The minimum atomic E-state index is 0.876. The molecule has 0 bridgehead atoms. The van der Waals surface area contributed by atoms with Crippen LogP contribution in [-0.4, -0.2) is 4.57 Å². The summed E-state index contributed by atoms with van der Waals surface area (Å²) in [6, 6.07) is 108. The van der Waals surface area contributed by atoms with E-state index in [1.54, 1.807) is 0 Å². The molecular weight excluding hydrogens is 1030 g/mol. The second-order valence-corrected chi connectivity index (χ2v) is 22.5. The van der Waals surface area contributed by atoms with Crippen molar-refractivity contribution >= 4 is 109 Å². The molecule has 0 N–H and O–H groups in total. The highest BCUT2D eigenvalue weighted by atomic mass is 16.3. The molecule has 0 atom stereocenters. The third-order valence-corrected chi connectivity index (χ3v) is 18.0. The van der Waals surface area contributed by atoms with Crippen LogP contribution in [0, 0.1) is 0 Å². The molecule has 0 saturated carbocycles. The van der Waals surface area contributed by atoms with Gasteiger partial charge in [-0.2, -0.15) is 0 Å². The van der Waals surface area contributed by atoms with Crippen molar-refractivity contribution in [3.63, 3.8) is 0 Å². The van der Waals surface area contributed by atoms with E-state index in [1.165, 1.54) is 65.3 Å². The third kappa shape index (κ3) is 7.21. The number of hydrogen-bond donors (Lipinski definition) is 0. The first-order chi connectivity index (χ1) is 42.2. The van der Waals surface area contributed by atoms with Crippen LogP contribution in [0.4, 0.5) is 0 Å². The van der Waals surface area contributed by atoms with Gasteiger partial charge in [0.1, 0.15) is 22.3 Å². The predicted octanol–water partition coefficient (Wildman–Crippen LogP) is 23.2. The molecule has 394 valence electrons. The van der Waals surface area contributed by atoms with Crippen LogP contribution < -0.4 is 0 Å². The Labute approximate surface area is 489 Å². The number of aromatic nitrogens is 1. The van der Waals surface area contributed by atoms with E-state index >= 15 is 0 Å². The fourth-order valence-electron chi connectivity index (χ4n) is 14.2. The van der Waals surface area contributed by atoms with Gasteiger partial charge in [0.25, 0.3) is 0 Å². The molecule has 0 amide bonds. The molecule has 0 aliphatic rings. The number of para-hydroxylation sites is 4. The molecule has 0 aliphatic heterocycles. The lowest BCUT2D eigenvalue weighted by molar-refractivity contribution is 0.671. The van der Waals surface area contributed by atoms with Crippen molar-refractivity contribution in [2.75, 3.05) is 0 Å². The summed E-state index contributed by atoms with van der Waals surface area (Å²) in [5.74, 6) is 0. The standard InChI is InChI=1S/C82H49NO2/c1-2-20-52(21-3-1)77-63-26-8-10-28-65(63)78(66-29-11-9-27-64(66)77)53-40-44-56(45-41-53)83-75-46-42-54(59-30-14-36-69-71-38-16-34-67(81(71)84-79(59)69)61-32-12-22-50-18-4-6-24-57(50)61)48-73(75)74-49-55(43-47-76(74)83)60-31-15-37-70-72-39-17-35-68(82(72)85-80(60)70)62-33-13-23-51-19-5-7-25-58(51)62/h1-49H. The molecule has 0 radical (unpaired) electrons. The Balaban J connectivity index is 0.833. The van der Waals surface area contributed by atoms with Crippen molar-refractivity contribution in [1.82, 2.24) is 4.57 Å². The van der Waals surface area contributed by atoms with Crippen LogP contribution >= 0.6 is 0 Å². The van der Waals surface area contributed by atoms with Crippen LogP contribution in [0.15, 0.2) is 306 Å². The maximum absolute atomic E-state index is 7.16. The van der Waals surface area contributed by atoms with E-state index < -0.39 is 0 Å². The minimum Gasteiger partial charge on any atom is -0.455 e. The summed E-state index contributed by atoms with van der Waals surface area (Å²) < 4.78 is 16.8. The van der Waals surface area contributed by atoms with E-state index in [4.69, 9.17) is 8.83 Å². The average Bonchev–Trinajstić information content (AvgIpc) is 2.85. The number of nitrogens with zero attached hydrogens (tertiary/aromatic N) is 1. The lowest BCUT2D eigenvalue weighted by atomic mass is 9.86. The first kappa shape index (κ1) is 47.4. The Kier molecular flexibility index (Phi) is 10.4. The second kappa shape index (κ2) is 18.6. The van der Waals surface area contributed by atoms with Gasteiger partial charge in [-0.1, -0.05) is 261 Å². The Morgan fingerprint density at radius 1 is 0.200 bits per heavy atom. The molecule has 0 fully saturated rings. The van der Waals surface area contributed by atoms with Crippen LogP contribution in [0.3, 0.4) is 0 Å². The van der Waals surface area contributed by atoms with Gasteiger partial charge in [-0.25, -0.2) is 0 Å². The Bertz CT molecular complexity index is 5460. The maximum atomic E-state index is 7.16. The molecule has 15 aromatic carbocycles. The molecule has 0 aliphatic carbocycles. The van der Waals surface area contributed by atoms with Crippen LogP contribution in [0.25, 0.3) is 181 Å². The molecule has 85 heavy (non-hydrogen) atoms. The summed E-state index contributed by atoms with van der Waals surface area (Å²) in [7, 11) is 0. The lowest BCUT2D eigenvalue weighted by Crippen LogP contribution is -1.95. The molecule has 0 spiro atoms. The van der Waals surface area contributed by atoms with E-state index in [1.807, 2.05) is 0 Å². The van der Waals surface area contributed by atoms with Crippen molar-refractivity contribution in [2.45, 2.75) is 0 Å². The number of benzene rings is 15. The Hall–Kier alpha value is -11.3. The van der Waals surface area contributed by atoms with Crippen molar-refractivity contribution in [3.8, 4) is 72.4 Å². The summed E-state index contributed by atoms with van der Waals surface area (Å²) in [5, 5.41) is 16.5. The quantitative estimate of drug-likeness (QED) is 0.149. The van der Waals surface area contributed by atoms with Gasteiger partial charge in [-0.3, -0.25) is 0 Å². The zero-order valence-electron chi connectivity index (χ0n) is 46.1. The highest BCUT2D eigenvalue weighted by Gasteiger charge is 2.23. The summed E-state index contributed by atoms with van der Waals surface area (Å²) in [4.78, 5) is 0. The first-order valence-electron chi connectivity index (χ1n) is 29.2. The van der Waals surface area contributed by atoms with E-state index in [-0.39, 0.29) is 0 Å². The summed E-state index contributed by atoms with van der Waals surface area (Å²) in [6.07, 6.45) is 0. The summed E-state index contributed by atoms with van der Waals surface area (Å²) in [5.41, 5.74) is 20.5. The molecule has 3 heterocycles. The van der Waals surface area contributed by atoms with Gasteiger partial charge < -0.3 is 13.4 Å². The molecule has 0 unspecified atom stereocenters. The van der Waals surface area contributed by atoms with Crippen molar-refractivity contribution in [2.24, 2.45) is 0 Å². The van der Waals surface area contributed by atoms with Gasteiger partial charge in [-0.15, -0.1) is 0 Å². The van der Waals surface area contributed by atoms with Crippen molar-refractivity contribution in [3.05, 3.63) is 297 Å². The van der Waals surface area contributed by atoms with Gasteiger partial charge in [0.05, 0.1) is 11.0 Å². The van der Waals surface area contributed by atoms with Gasteiger partial charge >= 0.3 is 0 Å². The molecule has 18 aromatic rings. The van der Waals surface area contributed by atoms with E-state index in [2.05, 4.69) is 302 Å². The lowest BCUT2D eigenvalue weighted by Gasteiger charge is -2.18. The number of rotatable bonds is 7. The molecule has 3 nitrogen and oxygen atoms in total. The van der Waals surface area contributed by atoms with Crippen molar-refractivity contribution < 1.29 is 8.83 Å². The SMILES string of the molecule is c1ccc(-c2c3ccccc3c(-c3ccc(-n4c5ccc(-c6cccc7c6oc6c(-c8cccc9ccccc89)cccc67)cc5c5cc(-c6cccc7c6oc6c(-c8cccc9ccccc89)cccc67)ccc54)cc3)c3ccccc23)cc1. The van der Waals surface area contributed by atoms with Crippen molar-refractivity contribution in [1.29, 1.82) is 0 Å². The third-order valence-electron chi connectivity index (χ3n) is 18.0. The first-order valence-corrected chi connectivity index (χ1v) is 29.2. The zero-order chi connectivity index (χ0) is 55.7. The van der Waals surface area contributed by atoms with E-state index in [0.717, 1.165) is 116 Å². The van der Waals surface area contributed by atoms with E-state index in [9.17, 15) is 0 Å².